The van der Waals surface area contributed by atoms with Crippen LogP contribution < -0.4 is 5.43 Å². The number of hydrazone groups is 1. The zero-order valence-electron chi connectivity index (χ0n) is 13.0. The van der Waals surface area contributed by atoms with Gasteiger partial charge in [0.05, 0.1) is 5.71 Å². The first-order valence-electron chi connectivity index (χ1n) is 7.23. The molecule has 0 bridgehead atoms. The molecule has 0 saturated carbocycles. The van der Waals surface area contributed by atoms with E-state index in [0.29, 0.717) is 5.95 Å². The number of anilines is 1. The molecule has 1 aromatic heterocycles. The predicted octanol–water partition coefficient (Wildman–Crippen LogP) is 4.08. The lowest BCUT2D eigenvalue weighted by atomic mass is 10.0. The molecular formula is C18H18N4. The lowest BCUT2D eigenvalue weighted by molar-refractivity contribution is 1.03. The third-order valence-corrected chi connectivity index (χ3v) is 3.47. The minimum atomic E-state index is 0.526. The normalized spacial score (nSPS) is 11.7. The van der Waals surface area contributed by atoms with Crippen LogP contribution in [0.2, 0.25) is 0 Å². The molecule has 0 aliphatic heterocycles. The molecule has 0 atom stereocenters. The van der Waals surface area contributed by atoms with Crippen molar-refractivity contribution in [2.24, 2.45) is 5.10 Å². The highest BCUT2D eigenvalue weighted by Crippen LogP contribution is 2.16. The Bertz CT molecular complexity index is 832. The first-order valence-corrected chi connectivity index (χ1v) is 7.23. The van der Waals surface area contributed by atoms with Crippen LogP contribution >= 0.6 is 0 Å². The molecule has 1 heterocycles. The molecule has 0 saturated heterocycles. The molecule has 0 aliphatic carbocycles. The molecular weight excluding hydrogens is 272 g/mol. The summed E-state index contributed by atoms with van der Waals surface area (Å²) >= 11 is 0. The summed E-state index contributed by atoms with van der Waals surface area (Å²) in [6.45, 7) is 5.86. The van der Waals surface area contributed by atoms with E-state index in [4.69, 9.17) is 0 Å². The molecule has 110 valence electrons. The average molecular weight is 290 g/mol. The fraction of sp³-hybridized carbons (Fsp3) is 0.167. The van der Waals surface area contributed by atoms with E-state index < -0.39 is 0 Å². The lowest BCUT2D eigenvalue weighted by Crippen LogP contribution is -2.03. The highest BCUT2D eigenvalue weighted by Gasteiger charge is 2.01. The van der Waals surface area contributed by atoms with E-state index in [2.05, 4.69) is 50.8 Å². The quantitative estimate of drug-likeness (QED) is 0.584. The summed E-state index contributed by atoms with van der Waals surface area (Å²) in [5.41, 5.74) is 6.76. The van der Waals surface area contributed by atoms with Crippen LogP contribution in [0.4, 0.5) is 5.95 Å². The molecule has 4 heteroatoms. The second kappa shape index (κ2) is 5.93. The van der Waals surface area contributed by atoms with Gasteiger partial charge in [-0.2, -0.15) is 5.10 Å². The Morgan fingerprint density at radius 3 is 2.32 bits per heavy atom. The van der Waals surface area contributed by atoms with E-state index in [0.717, 1.165) is 22.7 Å². The van der Waals surface area contributed by atoms with Crippen molar-refractivity contribution in [3.05, 3.63) is 65.5 Å². The van der Waals surface area contributed by atoms with Crippen LogP contribution in [0.25, 0.3) is 10.8 Å². The summed E-state index contributed by atoms with van der Waals surface area (Å²) in [7, 11) is 0. The van der Waals surface area contributed by atoms with Gasteiger partial charge in [0, 0.05) is 11.4 Å². The van der Waals surface area contributed by atoms with Crippen molar-refractivity contribution in [3.63, 3.8) is 0 Å². The first kappa shape index (κ1) is 14.2. The molecule has 0 amide bonds. The molecule has 4 nitrogen and oxygen atoms in total. The van der Waals surface area contributed by atoms with E-state index in [1.54, 1.807) is 0 Å². The molecule has 0 spiro atoms. The molecule has 0 radical (unpaired) electrons. The molecule has 3 aromatic rings. The molecule has 22 heavy (non-hydrogen) atoms. The first-order chi connectivity index (χ1) is 10.6. The Morgan fingerprint density at radius 2 is 1.59 bits per heavy atom. The second-order valence-electron chi connectivity index (χ2n) is 5.35. The Hall–Kier alpha value is -2.75. The summed E-state index contributed by atoms with van der Waals surface area (Å²) in [5, 5.41) is 6.83. The summed E-state index contributed by atoms with van der Waals surface area (Å²) in [4.78, 5) is 8.64. The molecule has 0 unspecified atom stereocenters. The highest BCUT2D eigenvalue weighted by atomic mass is 15.4. The number of fused-ring (bicyclic) bond motifs is 1. The number of nitrogens with one attached hydrogen (secondary N) is 1. The number of aryl methyl sites for hydroxylation is 2. The zero-order chi connectivity index (χ0) is 15.5. The average Bonchev–Trinajstić information content (AvgIpc) is 2.51. The van der Waals surface area contributed by atoms with Crippen LogP contribution in [0, 0.1) is 13.8 Å². The van der Waals surface area contributed by atoms with Crippen LogP contribution in [-0.4, -0.2) is 15.7 Å². The van der Waals surface area contributed by atoms with Gasteiger partial charge in [-0.05, 0) is 49.2 Å². The zero-order valence-corrected chi connectivity index (χ0v) is 13.0. The van der Waals surface area contributed by atoms with Gasteiger partial charge in [0.1, 0.15) is 0 Å². The van der Waals surface area contributed by atoms with Gasteiger partial charge in [0.25, 0.3) is 0 Å². The predicted molar refractivity (Wildman–Crippen MR) is 91.3 cm³/mol. The minimum absolute atomic E-state index is 0.526. The van der Waals surface area contributed by atoms with E-state index in [1.165, 1.54) is 10.8 Å². The number of rotatable bonds is 3. The van der Waals surface area contributed by atoms with Gasteiger partial charge in [-0.15, -0.1) is 0 Å². The topological polar surface area (TPSA) is 50.2 Å². The van der Waals surface area contributed by atoms with Crippen LogP contribution in [0.3, 0.4) is 0 Å². The van der Waals surface area contributed by atoms with E-state index >= 15 is 0 Å². The minimum Gasteiger partial charge on any atom is -0.245 e. The Labute approximate surface area is 129 Å². The fourth-order valence-electron chi connectivity index (χ4n) is 2.39. The standard InChI is InChI=1S/C18H18N4/c1-12-10-13(2)20-18(19-12)22-21-14(3)16-9-8-15-6-4-5-7-17(15)11-16/h4-11H,1-3H3,(H,19,20,22)/b21-14-. The van der Waals surface area contributed by atoms with E-state index in [-0.39, 0.29) is 0 Å². The maximum absolute atomic E-state index is 4.40. The van der Waals surface area contributed by atoms with Gasteiger partial charge in [-0.3, -0.25) is 0 Å². The van der Waals surface area contributed by atoms with Crippen molar-refractivity contribution >= 4 is 22.4 Å². The van der Waals surface area contributed by atoms with Crippen molar-refractivity contribution < 1.29 is 0 Å². The molecule has 1 N–H and O–H groups in total. The molecule has 0 aliphatic rings. The van der Waals surface area contributed by atoms with Gasteiger partial charge in [-0.1, -0.05) is 36.4 Å². The van der Waals surface area contributed by atoms with Crippen molar-refractivity contribution in [1.29, 1.82) is 0 Å². The van der Waals surface area contributed by atoms with Crippen LogP contribution in [0.1, 0.15) is 23.9 Å². The van der Waals surface area contributed by atoms with Gasteiger partial charge in [-0.25, -0.2) is 15.4 Å². The SMILES string of the molecule is C/C(=N/Nc1nc(C)cc(C)n1)c1ccc2ccccc2c1. The van der Waals surface area contributed by atoms with Crippen LogP contribution in [-0.2, 0) is 0 Å². The van der Waals surface area contributed by atoms with Crippen molar-refractivity contribution in [2.75, 3.05) is 5.43 Å². The Kier molecular flexibility index (Phi) is 3.83. The largest absolute Gasteiger partial charge is 0.245 e. The number of hydrogen-bond donors (Lipinski definition) is 1. The van der Waals surface area contributed by atoms with Gasteiger partial charge in [0.2, 0.25) is 5.95 Å². The maximum atomic E-state index is 4.40. The fourth-order valence-corrected chi connectivity index (χ4v) is 2.39. The number of benzene rings is 2. The Balaban J connectivity index is 1.86. The van der Waals surface area contributed by atoms with Crippen molar-refractivity contribution in [2.45, 2.75) is 20.8 Å². The molecule has 2 aromatic carbocycles. The van der Waals surface area contributed by atoms with Crippen LogP contribution in [0.5, 0.6) is 0 Å². The number of aromatic nitrogens is 2. The summed E-state index contributed by atoms with van der Waals surface area (Å²) in [6.07, 6.45) is 0. The summed E-state index contributed by atoms with van der Waals surface area (Å²) in [5.74, 6) is 0.526. The number of nitrogens with zero attached hydrogens (tertiary/aromatic N) is 3. The van der Waals surface area contributed by atoms with Crippen molar-refractivity contribution in [1.82, 2.24) is 9.97 Å². The smallest absolute Gasteiger partial charge is 0.243 e. The van der Waals surface area contributed by atoms with Crippen molar-refractivity contribution in [3.8, 4) is 0 Å². The molecule has 3 rings (SSSR count). The lowest BCUT2D eigenvalue weighted by Gasteiger charge is -2.05. The molecule has 0 fully saturated rings. The third kappa shape index (κ3) is 3.11. The monoisotopic (exact) mass is 290 g/mol. The summed E-state index contributed by atoms with van der Waals surface area (Å²) in [6, 6.07) is 16.5. The van der Waals surface area contributed by atoms with Gasteiger partial charge in [0.15, 0.2) is 0 Å². The van der Waals surface area contributed by atoms with E-state index in [1.807, 2.05) is 39.0 Å². The number of hydrogen-bond acceptors (Lipinski definition) is 4. The maximum Gasteiger partial charge on any atom is 0.243 e. The summed E-state index contributed by atoms with van der Waals surface area (Å²) < 4.78 is 0. The van der Waals surface area contributed by atoms with E-state index in [9.17, 15) is 0 Å². The van der Waals surface area contributed by atoms with Gasteiger partial charge >= 0.3 is 0 Å². The van der Waals surface area contributed by atoms with Gasteiger partial charge < -0.3 is 0 Å². The Morgan fingerprint density at radius 1 is 0.909 bits per heavy atom. The second-order valence-corrected chi connectivity index (χ2v) is 5.35. The third-order valence-electron chi connectivity index (χ3n) is 3.47. The highest BCUT2D eigenvalue weighted by molar-refractivity contribution is 6.02. The van der Waals surface area contributed by atoms with Crippen LogP contribution in [0.15, 0.2) is 53.6 Å².